The largest absolute Gasteiger partial charge is 0.507 e. The van der Waals surface area contributed by atoms with Gasteiger partial charge in [0.15, 0.2) is 5.78 Å². The molecule has 2 N–H and O–H groups in total. The fourth-order valence-electron chi connectivity index (χ4n) is 2.84. The summed E-state index contributed by atoms with van der Waals surface area (Å²) in [4.78, 5) is 23.2. The number of aromatic hydroxyl groups is 1. The molecule has 0 saturated carbocycles. The van der Waals surface area contributed by atoms with Crippen LogP contribution in [0.1, 0.15) is 59.4 Å². The molecule has 0 aliphatic heterocycles. The first-order valence-corrected chi connectivity index (χ1v) is 9.74. The van der Waals surface area contributed by atoms with Gasteiger partial charge in [-0.25, -0.2) is 4.79 Å². The SMILES string of the molecule is Cc1c(OCCCCOc2cccc(C(=O)O)c2)ccc(C(=O)CC(C)C)c1O. The monoisotopic (exact) mass is 400 g/mol. The lowest BCUT2D eigenvalue weighted by Gasteiger charge is -2.13. The van der Waals surface area contributed by atoms with Gasteiger partial charge in [0.2, 0.25) is 0 Å². The van der Waals surface area contributed by atoms with E-state index in [9.17, 15) is 14.7 Å². The fourth-order valence-corrected chi connectivity index (χ4v) is 2.84. The Bertz CT molecular complexity index is 856. The first-order valence-electron chi connectivity index (χ1n) is 9.74. The van der Waals surface area contributed by atoms with Crippen LogP contribution in [0.2, 0.25) is 0 Å². The van der Waals surface area contributed by atoms with E-state index in [0.717, 1.165) is 12.8 Å². The van der Waals surface area contributed by atoms with E-state index in [2.05, 4.69) is 0 Å². The van der Waals surface area contributed by atoms with E-state index in [0.29, 0.717) is 42.3 Å². The molecule has 0 spiro atoms. The number of hydrogen-bond donors (Lipinski definition) is 2. The number of phenols is 1. The van der Waals surface area contributed by atoms with E-state index in [-0.39, 0.29) is 23.0 Å². The molecule has 0 fully saturated rings. The zero-order chi connectivity index (χ0) is 21.4. The molecule has 29 heavy (non-hydrogen) atoms. The van der Waals surface area contributed by atoms with E-state index in [1.54, 1.807) is 31.2 Å². The number of phenolic OH excluding ortho intramolecular Hbond substituents is 1. The standard InChI is InChI=1S/C23H28O6/c1-15(2)13-20(24)19-9-10-21(16(3)22(19)25)29-12-5-4-11-28-18-8-6-7-17(14-18)23(26)27/h6-10,14-15,25H,4-5,11-13H2,1-3H3,(H,26,27). The van der Waals surface area contributed by atoms with Crippen LogP contribution in [-0.4, -0.2) is 35.2 Å². The lowest BCUT2D eigenvalue weighted by Crippen LogP contribution is -2.06. The number of benzene rings is 2. The molecule has 2 aromatic rings. The van der Waals surface area contributed by atoms with Gasteiger partial charge in [0.25, 0.3) is 0 Å². The van der Waals surface area contributed by atoms with Crippen molar-refractivity contribution in [1.29, 1.82) is 0 Å². The Hall–Kier alpha value is -3.02. The van der Waals surface area contributed by atoms with Crippen LogP contribution in [0.15, 0.2) is 36.4 Å². The number of hydrogen-bond acceptors (Lipinski definition) is 5. The summed E-state index contributed by atoms with van der Waals surface area (Å²) in [5.41, 5.74) is 1.08. The average molecular weight is 400 g/mol. The van der Waals surface area contributed by atoms with Gasteiger partial charge >= 0.3 is 5.97 Å². The smallest absolute Gasteiger partial charge is 0.335 e. The zero-order valence-electron chi connectivity index (χ0n) is 17.1. The number of carbonyl (C=O) groups is 2. The van der Waals surface area contributed by atoms with Gasteiger partial charge in [-0.2, -0.15) is 0 Å². The zero-order valence-corrected chi connectivity index (χ0v) is 17.1. The highest BCUT2D eigenvalue weighted by Gasteiger charge is 2.17. The van der Waals surface area contributed by atoms with Crippen LogP contribution in [0, 0.1) is 12.8 Å². The molecule has 6 heteroatoms. The second kappa shape index (κ2) is 10.5. The summed E-state index contributed by atoms with van der Waals surface area (Å²) in [6.45, 7) is 6.55. The first kappa shape index (κ1) is 22.3. The third kappa shape index (κ3) is 6.52. The van der Waals surface area contributed by atoms with Crippen molar-refractivity contribution in [2.75, 3.05) is 13.2 Å². The third-order valence-electron chi connectivity index (χ3n) is 4.42. The molecule has 0 aliphatic carbocycles. The molecule has 0 heterocycles. The Balaban J connectivity index is 1.79. The van der Waals surface area contributed by atoms with Crippen LogP contribution < -0.4 is 9.47 Å². The molecule has 156 valence electrons. The van der Waals surface area contributed by atoms with Crippen LogP contribution in [0.25, 0.3) is 0 Å². The number of unbranched alkanes of at least 4 members (excludes halogenated alkanes) is 1. The lowest BCUT2D eigenvalue weighted by molar-refractivity contribution is 0.0696. The van der Waals surface area contributed by atoms with Gasteiger partial charge in [0.05, 0.1) is 24.3 Å². The van der Waals surface area contributed by atoms with Crippen LogP contribution in [0.5, 0.6) is 17.2 Å². The molecule has 2 rings (SSSR count). The van der Waals surface area contributed by atoms with Gasteiger partial charge in [0, 0.05) is 12.0 Å². The molecule has 0 bridgehead atoms. The van der Waals surface area contributed by atoms with Gasteiger partial charge in [-0.1, -0.05) is 19.9 Å². The summed E-state index contributed by atoms with van der Waals surface area (Å²) in [5.74, 6) is 0.226. The summed E-state index contributed by atoms with van der Waals surface area (Å²) < 4.78 is 11.3. The van der Waals surface area contributed by atoms with E-state index < -0.39 is 5.97 Å². The quantitative estimate of drug-likeness (QED) is 0.413. The Morgan fingerprint density at radius 3 is 2.38 bits per heavy atom. The Morgan fingerprint density at radius 1 is 1.03 bits per heavy atom. The Labute approximate surface area is 171 Å². The normalized spacial score (nSPS) is 10.8. The van der Waals surface area contributed by atoms with Crippen molar-refractivity contribution in [3.63, 3.8) is 0 Å². The predicted octanol–water partition coefficient (Wildman–Crippen LogP) is 4.87. The second-order valence-electron chi connectivity index (χ2n) is 7.34. The van der Waals surface area contributed by atoms with Crippen molar-refractivity contribution in [3.05, 3.63) is 53.1 Å². The van der Waals surface area contributed by atoms with Crippen molar-refractivity contribution < 1.29 is 29.3 Å². The highest BCUT2D eigenvalue weighted by molar-refractivity contribution is 5.99. The van der Waals surface area contributed by atoms with E-state index in [1.165, 1.54) is 12.1 Å². The van der Waals surface area contributed by atoms with E-state index in [1.807, 2.05) is 13.8 Å². The summed E-state index contributed by atoms with van der Waals surface area (Å²) in [7, 11) is 0. The van der Waals surface area contributed by atoms with Crippen LogP contribution in [0.4, 0.5) is 0 Å². The number of rotatable bonds is 11. The number of aromatic carboxylic acids is 1. The predicted molar refractivity (Wildman–Crippen MR) is 110 cm³/mol. The highest BCUT2D eigenvalue weighted by atomic mass is 16.5. The van der Waals surface area contributed by atoms with Gasteiger partial charge < -0.3 is 19.7 Å². The van der Waals surface area contributed by atoms with E-state index >= 15 is 0 Å². The Kier molecular flexibility index (Phi) is 8.07. The summed E-state index contributed by atoms with van der Waals surface area (Å²) in [6, 6.07) is 9.71. The van der Waals surface area contributed by atoms with Crippen molar-refractivity contribution >= 4 is 11.8 Å². The molecule has 6 nitrogen and oxygen atoms in total. The fraction of sp³-hybridized carbons (Fsp3) is 0.391. The molecule has 0 atom stereocenters. The number of ketones is 1. The van der Waals surface area contributed by atoms with Gasteiger partial charge in [-0.3, -0.25) is 4.79 Å². The summed E-state index contributed by atoms with van der Waals surface area (Å²) in [5, 5.41) is 19.3. The van der Waals surface area contributed by atoms with Gasteiger partial charge in [0.1, 0.15) is 17.2 Å². The minimum Gasteiger partial charge on any atom is -0.507 e. The highest BCUT2D eigenvalue weighted by Crippen LogP contribution is 2.31. The molecular formula is C23H28O6. The summed E-state index contributed by atoms with van der Waals surface area (Å²) in [6.07, 6.45) is 1.85. The van der Waals surface area contributed by atoms with Crippen molar-refractivity contribution in [3.8, 4) is 17.2 Å². The van der Waals surface area contributed by atoms with Crippen molar-refractivity contribution in [2.24, 2.45) is 5.92 Å². The van der Waals surface area contributed by atoms with Gasteiger partial charge in [-0.15, -0.1) is 0 Å². The lowest BCUT2D eigenvalue weighted by atomic mass is 9.98. The minimum absolute atomic E-state index is 0.0187. The first-order chi connectivity index (χ1) is 13.8. The molecule has 0 saturated heterocycles. The van der Waals surface area contributed by atoms with Crippen molar-refractivity contribution in [1.82, 2.24) is 0 Å². The molecule has 0 unspecified atom stereocenters. The maximum atomic E-state index is 12.2. The molecule has 0 aliphatic rings. The van der Waals surface area contributed by atoms with Crippen LogP contribution >= 0.6 is 0 Å². The Morgan fingerprint density at radius 2 is 1.72 bits per heavy atom. The molecular weight excluding hydrogens is 372 g/mol. The maximum Gasteiger partial charge on any atom is 0.335 e. The molecule has 0 amide bonds. The van der Waals surface area contributed by atoms with Crippen molar-refractivity contribution in [2.45, 2.75) is 40.0 Å². The molecule has 0 radical (unpaired) electrons. The third-order valence-corrected chi connectivity index (χ3v) is 4.42. The summed E-state index contributed by atoms with van der Waals surface area (Å²) >= 11 is 0. The average Bonchev–Trinajstić information content (AvgIpc) is 2.67. The number of ether oxygens (including phenoxy) is 2. The number of carboxylic acid groups (broad SMARTS) is 1. The van der Waals surface area contributed by atoms with Gasteiger partial charge in [-0.05, 0) is 56.0 Å². The molecule has 0 aromatic heterocycles. The second-order valence-corrected chi connectivity index (χ2v) is 7.34. The number of carboxylic acids is 1. The number of carbonyl (C=O) groups excluding carboxylic acids is 1. The number of Topliss-reactive ketones (excluding diaryl/α,β-unsaturated/α-hetero) is 1. The maximum absolute atomic E-state index is 12.2. The van der Waals surface area contributed by atoms with E-state index in [4.69, 9.17) is 14.6 Å². The molecule has 2 aromatic carbocycles. The van der Waals surface area contributed by atoms with Crippen LogP contribution in [0.3, 0.4) is 0 Å². The minimum atomic E-state index is -0.987. The van der Waals surface area contributed by atoms with Crippen LogP contribution in [-0.2, 0) is 0 Å². The topological polar surface area (TPSA) is 93.1 Å².